The van der Waals surface area contributed by atoms with E-state index in [0.29, 0.717) is 36.8 Å². The molecule has 0 saturated carbocycles. The molecule has 0 unspecified atom stereocenters. The Bertz CT molecular complexity index is 1280. The Morgan fingerprint density at radius 2 is 1.68 bits per heavy atom. The van der Waals surface area contributed by atoms with E-state index in [-0.39, 0.29) is 17.6 Å². The number of hydrogen-bond donors (Lipinski definition) is 2. The van der Waals surface area contributed by atoms with Crippen LogP contribution in [0.4, 0.5) is 0 Å². The van der Waals surface area contributed by atoms with Gasteiger partial charge >= 0.3 is 0 Å². The minimum Gasteiger partial charge on any atom is -0.493 e. The summed E-state index contributed by atoms with van der Waals surface area (Å²) >= 11 is 0. The quantitative estimate of drug-likeness (QED) is 0.226. The maximum Gasteiger partial charge on any atom is 0.290 e. The second kappa shape index (κ2) is 14.4. The lowest BCUT2D eigenvalue weighted by atomic mass is 9.91. The molecule has 2 N–H and O–H groups in total. The molecule has 40 heavy (non-hydrogen) atoms. The first-order valence-electron chi connectivity index (χ1n) is 15.0. The van der Waals surface area contributed by atoms with Gasteiger partial charge in [-0.2, -0.15) is 0 Å². The van der Waals surface area contributed by atoms with Crippen molar-refractivity contribution in [3.8, 4) is 33.9 Å². The number of fused-ring (bicyclic) bond motifs is 1. The fourth-order valence-corrected chi connectivity index (χ4v) is 5.08. The Labute approximate surface area is 239 Å². The monoisotopic (exact) mass is 547 g/mol. The Hall–Kier alpha value is -3.32. The molecule has 0 aliphatic carbocycles. The van der Waals surface area contributed by atoms with Crippen LogP contribution in [0.25, 0.3) is 22.4 Å². The van der Waals surface area contributed by atoms with Gasteiger partial charge in [0.2, 0.25) is 5.76 Å². The van der Waals surface area contributed by atoms with Gasteiger partial charge in [0.05, 0.1) is 18.8 Å². The number of nitrogens with zero attached hydrogens (tertiary/aromatic N) is 1. The fourth-order valence-electron chi connectivity index (χ4n) is 5.08. The van der Waals surface area contributed by atoms with Gasteiger partial charge in [0.15, 0.2) is 0 Å². The van der Waals surface area contributed by atoms with Gasteiger partial charge in [0, 0.05) is 18.2 Å². The smallest absolute Gasteiger partial charge is 0.290 e. The molecule has 0 atom stereocenters. The van der Waals surface area contributed by atoms with E-state index in [1.807, 2.05) is 13.0 Å². The molecule has 0 saturated heterocycles. The average Bonchev–Trinajstić information content (AvgIpc) is 3.25. The van der Waals surface area contributed by atoms with Crippen LogP contribution in [0.15, 0.2) is 34.9 Å². The van der Waals surface area contributed by atoms with Crippen LogP contribution in [0, 0.1) is 0 Å². The summed E-state index contributed by atoms with van der Waals surface area (Å²) in [5.74, 6) is 1.70. The van der Waals surface area contributed by atoms with Crippen LogP contribution in [0.2, 0.25) is 0 Å². The number of hydrogen-bond acceptors (Lipinski definition) is 6. The third kappa shape index (κ3) is 6.87. The molecule has 1 aliphatic rings. The minimum atomic E-state index is -0.273. The van der Waals surface area contributed by atoms with Gasteiger partial charge < -0.3 is 24.6 Å². The van der Waals surface area contributed by atoms with E-state index in [0.717, 1.165) is 74.1 Å². The summed E-state index contributed by atoms with van der Waals surface area (Å²) in [6.45, 7) is 14.2. The van der Waals surface area contributed by atoms with E-state index < -0.39 is 0 Å². The first-order chi connectivity index (χ1) is 19.5. The van der Waals surface area contributed by atoms with E-state index in [1.165, 1.54) is 11.1 Å². The zero-order valence-corrected chi connectivity index (χ0v) is 24.8. The lowest BCUT2D eigenvalue weighted by Crippen LogP contribution is -2.22. The number of carbonyl (C=O) groups excluding carboxylic acids is 1. The molecular weight excluding hydrogens is 502 g/mol. The Balaban J connectivity index is 1.90. The SMILES string of the molecule is CCCCOc1cc(OCCCC)c(C(C)C)cc1-c1noc(C(=O)NCC)c1-c1ccc2c(c1)CCNCC2. The molecule has 7 nitrogen and oxygen atoms in total. The summed E-state index contributed by atoms with van der Waals surface area (Å²) in [6.07, 6.45) is 5.94. The molecule has 4 rings (SSSR count). The molecule has 216 valence electrons. The molecule has 1 aliphatic heterocycles. The van der Waals surface area contributed by atoms with Gasteiger partial charge in [-0.25, -0.2) is 0 Å². The highest BCUT2D eigenvalue weighted by Crippen LogP contribution is 2.44. The first kappa shape index (κ1) is 29.7. The van der Waals surface area contributed by atoms with Gasteiger partial charge in [-0.15, -0.1) is 0 Å². The number of nitrogens with one attached hydrogen (secondary N) is 2. The first-order valence-corrected chi connectivity index (χ1v) is 15.0. The zero-order chi connectivity index (χ0) is 28.5. The Morgan fingerprint density at radius 3 is 2.35 bits per heavy atom. The summed E-state index contributed by atoms with van der Waals surface area (Å²) in [5.41, 5.74) is 6.75. The van der Waals surface area contributed by atoms with Crippen molar-refractivity contribution in [3.05, 3.63) is 52.8 Å². The zero-order valence-electron chi connectivity index (χ0n) is 24.8. The van der Waals surface area contributed by atoms with Crippen LogP contribution in [0.1, 0.15) is 93.5 Å². The summed E-state index contributed by atoms with van der Waals surface area (Å²) in [6, 6.07) is 10.6. The number of carbonyl (C=O) groups is 1. The second-order valence-corrected chi connectivity index (χ2v) is 10.8. The van der Waals surface area contributed by atoms with Crippen LogP contribution >= 0.6 is 0 Å². The number of aromatic nitrogens is 1. The van der Waals surface area contributed by atoms with Crippen molar-refractivity contribution in [2.24, 2.45) is 0 Å². The van der Waals surface area contributed by atoms with Crippen LogP contribution in [-0.2, 0) is 12.8 Å². The number of benzene rings is 2. The summed E-state index contributed by atoms with van der Waals surface area (Å²) in [4.78, 5) is 13.2. The largest absolute Gasteiger partial charge is 0.493 e. The third-order valence-corrected chi connectivity index (χ3v) is 7.37. The molecule has 0 fully saturated rings. The predicted molar refractivity (Wildman–Crippen MR) is 161 cm³/mol. The molecule has 7 heteroatoms. The fraction of sp³-hybridized carbons (Fsp3) is 0.515. The van der Waals surface area contributed by atoms with Crippen molar-refractivity contribution in [1.82, 2.24) is 15.8 Å². The van der Waals surface area contributed by atoms with Crippen molar-refractivity contribution in [3.63, 3.8) is 0 Å². The molecule has 0 spiro atoms. The van der Waals surface area contributed by atoms with Crippen molar-refractivity contribution >= 4 is 5.91 Å². The molecule has 2 aromatic carbocycles. The maximum atomic E-state index is 13.2. The highest BCUT2D eigenvalue weighted by molar-refractivity contribution is 6.02. The Morgan fingerprint density at radius 1 is 0.975 bits per heavy atom. The molecule has 1 amide bonds. The lowest BCUT2D eigenvalue weighted by Gasteiger charge is -2.19. The van der Waals surface area contributed by atoms with Crippen LogP contribution in [0.5, 0.6) is 11.5 Å². The van der Waals surface area contributed by atoms with E-state index in [1.54, 1.807) is 0 Å². The molecule has 3 aromatic rings. The Kier molecular flexibility index (Phi) is 10.6. The normalized spacial score (nSPS) is 13.2. The minimum absolute atomic E-state index is 0.220. The van der Waals surface area contributed by atoms with E-state index in [4.69, 9.17) is 14.0 Å². The number of unbranched alkanes of at least 4 members (excludes halogenated alkanes) is 2. The number of rotatable bonds is 13. The second-order valence-electron chi connectivity index (χ2n) is 10.8. The molecular formula is C33H45N3O4. The molecule has 2 heterocycles. The van der Waals surface area contributed by atoms with Crippen LogP contribution in [-0.4, -0.2) is 43.9 Å². The van der Waals surface area contributed by atoms with Crippen LogP contribution < -0.4 is 20.1 Å². The molecule has 0 bridgehead atoms. The van der Waals surface area contributed by atoms with Crippen molar-refractivity contribution in [2.45, 2.75) is 79.1 Å². The van der Waals surface area contributed by atoms with Gasteiger partial charge in [-0.1, -0.05) is 63.9 Å². The van der Waals surface area contributed by atoms with Gasteiger partial charge in [0.1, 0.15) is 17.2 Å². The van der Waals surface area contributed by atoms with Crippen LogP contribution in [0.3, 0.4) is 0 Å². The maximum absolute atomic E-state index is 13.2. The van der Waals surface area contributed by atoms with Gasteiger partial charge in [-0.3, -0.25) is 4.79 Å². The summed E-state index contributed by atoms with van der Waals surface area (Å²) in [5, 5.41) is 10.9. The molecule has 0 radical (unpaired) electrons. The van der Waals surface area contributed by atoms with Crippen molar-refractivity contribution < 1.29 is 18.8 Å². The van der Waals surface area contributed by atoms with Crippen molar-refractivity contribution in [1.29, 1.82) is 0 Å². The number of ether oxygens (including phenoxy) is 2. The van der Waals surface area contributed by atoms with E-state index in [2.05, 4.69) is 67.8 Å². The van der Waals surface area contributed by atoms with Gasteiger partial charge in [-0.05, 0) is 79.9 Å². The number of amides is 1. The summed E-state index contributed by atoms with van der Waals surface area (Å²) < 4.78 is 18.4. The standard InChI is InChI=1S/C33H45N3O4/c1-6-9-17-38-28-21-29(39-18-10-7-2)27(20-26(28)22(4)5)31-30(32(40-36-31)33(37)35-8-3)25-12-11-23-13-15-34-16-14-24(23)19-25/h11-12,19-22,34H,6-10,13-18H2,1-5H3,(H,35,37). The highest BCUT2D eigenvalue weighted by atomic mass is 16.5. The van der Waals surface area contributed by atoms with E-state index >= 15 is 0 Å². The van der Waals surface area contributed by atoms with E-state index in [9.17, 15) is 4.79 Å². The molecule has 1 aromatic heterocycles. The van der Waals surface area contributed by atoms with Gasteiger partial charge in [0.25, 0.3) is 5.91 Å². The summed E-state index contributed by atoms with van der Waals surface area (Å²) in [7, 11) is 0. The third-order valence-electron chi connectivity index (χ3n) is 7.37. The van der Waals surface area contributed by atoms with Crippen molar-refractivity contribution in [2.75, 3.05) is 32.8 Å². The highest BCUT2D eigenvalue weighted by Gasteiger charge is 2.28. The lowest BCUT2D eigenvalue weighted by molar-refractivity contribution is 0.0920. The average molecular weight is 548 g/mol. The predicted octanol–water partition coefficient (Wildman–Crippen LogP) is 6.93. The topological polar surface area (TPSA) is 85.6 Å².